The summed E-state index contributed by atoms with van der Waals surface area (Å²) in [6.45, 7) is 2.22. The number of aromatic amines is 1. The van der Waals surface area contributed by atoms with Crippen molar-refractivity contribution in [3.63, 3.8) is 0 Å². The van der Waals surface area contributed by atoms with Gasteiger partial charge in [0.15, 0.2) is 5.69 Å². The molecule has 1 saturated carbocycles. The molecule has 0 saturated heterocycles. The Morgan fingerprint density at radius 2 is 2.14 bits per heavy atom. The highest BCUT2D eigenvalue weighted by molar-refractivity contribution is 5.93. The van der Waals surface area contributed by atoms with E-state index in [1.807, 2.05) is 6.07 Å². The van der Waals surface area contributed by atoms with Gasteiger partial charge in [-0.25, -0.2) is 4.39 Å². The minimum Gasteiger partial charge on any atom is -0.350 e. The van der Waals surface area contributed by atoms with Gasteiger partial charge in [0.25, 0.3) is 5.91 Å². The molecule has 1 amide bonds. The second-order valence-electron chi connectivity index (χ2n) is 5.94. The minimum absolute atomic E-state index is 0.185. The molecule has 6 heteroatoms. The van der Waals surface area contributed by atoms with E-state index in [1.165, 1.54) is 6.07 Å². The van der Waals surface area contributed by atoms with Crippen molar-refractivity contribution in [1.82, 2.24) is 20.7 Å². The Balaban J connectivity index is 1.78. The van der Waals surface area contributed by atoms with Crippen molar-refractivity contribution in [2.75, 3.05) is 6.54 Å². The molecule has 2 N–H and O–H groups in total. The Labute approximate surface area is 128 Å². The highest BCUT2D eigenvalue weighted by atomic mass is 19.1. The first-order valence-corrected chi connectivity index (χ1v) is 7.52. The van der Waals surface area contributed by atoms with E-state index in [0.717, 1.165) is 31.2 Å². The summed E-state index contributed by atoms with van der Waals surface area (Å²) in [6, 6.07) is 6.71. The zero-order valence-electron chi connectivity index (χ0n) is 12.5. The fourth-order valence-electron chi connectivity index (χ4n) is 3.27. The summed E-state index contributed by atoms with van der Waals surface area (Å²) in [5.74, 6) is -0.476. The van der Waals surface area contributed by atoms with Gasteiger partial charge in [0, 0.05) is 12.0 Å². The van der Waals surface area contributed by atoms with Gasteiger partial charge in [-0.3, -0.25) is 4.79 Å². The summed E-state index contributed by atoms with van der Waals surface area (Å²) >= 11 is 0. The molecule has 0 bridgehead atoms. The Bertz CT molecular complexity index is 676. The second-order valence-corrected chi connectivity index (χ2v) is 5.94. The lowest BCUT2D eigenvalue weighted by atomic mass is 9.78. The van der Waals surface area contributed by atoms with Gasteiger partial charge >= 0.3 is 0 Å². The summed E-state index contributed by atoms with van der Waals surface area (Å²) in [4.78, 5) is 12.2. The molecule has 0 spiro atoms. The van der Waals surface area contributed by atoms with E-state index >= 15 is 0 Å². The first-order chi connectivity index (χ1) is 10.6. The van der Waals surface area contributed by atoms with Crippen LogP contribution in [0.25, 0.3) is 0 Å². The highest BCUT2D eigenvalue weighted by Crippen LogP contribution is 2.40. The van der Waals surface area contributed by atoms with E-state index in [-0.39, 0.29) is 17.1 Å². The molecular weight excluding hydrogens is 283 g/mol. The van der Waals surface area contributed by atoms with E-state index in [2.05, 4.69) is 20.7 Å². The van der Waals surface area contributed by atoms with Crippen LogP contribution in [-0.2, 0) is 5.41 Å². The Morgan fingerprint density at radius 3 is 2.77 bits per heavy atom. The standard InChI is InChI=1S/C16H19FN4O/c1-11-14(20-21-19-11)15(22)18-10-16(7-2-3-8-16)12-5-4-6-13(17)9-12/h4-6,9H,2-3,7-8,10H2,1H3,(H,18,22)(H,19,20,21). The number of aryl methyl sites for hydroxylation is 1. The van der Waals surface area contributed by atoms with Crippen LogP contribution in [-0.4, -0.2) is 27.9 Å². The van der Waals surface area contributed by atoms with Gasteiger partial charge in [-0.2, -0.15) is 15.4 Å². The third-order valence-corrected chi connectivity index (χ3v) is 4.52. The van der Waals surface area contributed by atoms with Crippen LogP contribution in [0.2, 0.25) is 0 Å². The number of amides is 1. The van der Waals surface area contributed by atoms with E-state index in [1.54, 1.807) is 19.1 Å². The van der Waals surface area contributed by atoms with Crippen molar-refractivity contribution in [2.45, 2.75) is 38.0 Å². The van der Waals surface area contributed by atoms with Gasteiger partial charge in [-0.15, -0.1) is 0 Å². The number of nitrogens with zero attached hydrogens (tertiary/aromatic N) is 2. The van der Waals surface area contributed by atoms with Gasteiger partial charge in [0.05, 0.1) is 5.69 Å². The number of carbonyl (C=O) groups excluding carboxylic acids is 1. The predicted molar refractivity (Wildman–Crippen MR) is 80.0 cm³/mol. The Hall–Kier alpha value is -2.24. The van der Waals surface area contributed by atoms with Gasteiger partial charge in [-0.1, -0.05) is 25.0 Å². The van der Waals surface area contributed by atoms with Crippen LogP contribution in [0.3, 0.4) is 0 Å². The van der Waals surface area contributed by atoms with Crippen LogP contribution >= 0.6 is 0 Å². The number of halogens is 1. The monoisotopic (exact) mass is 302 g/mol. The third kappa shape index (κ3) is 2.73. The van der Waals surface area contributed by atoms with Crippen LogP contribution in [0.15, 0.2) is 24.3 Å². The number of carbonyl (C=O) groups is 1. The van der Waals surface area contributed by atoms with Crippen molar-refractivity contribution >= 4 is 5.91 Å². The molecule has 0 radical (unpaired) electrons. The lowest BCUT2D eigenvalue weighted by Crippen LogP contribution is -2.39. The number of aromatic nitrogens is 3. The lowest BCUT2D eigenvalue weighted by molar-refractivity contribution is 0.0937. The number of rotatable bonds is 4. The summed E-state index contributed by atoms with van der Waals surface area (Å²) < 4.78 is 13.6. The van der Waals surface area contributed by atoms with Crippen molar-refractivity contribution in [2.24, 2.45) is 0 Å². The summed E-state index contributed by atoms with van der Waals surface area (Å²) in [6.07, 6.45) is 4.09. The van der Waals surface area contributed by atoms with Crippen LogP contribution < -0.4 is 5.32 Å². The van der Waals surface area contributed by atoms with Gasteiger partial charge in [-0.05, 0) is 37.5 Å². The molecule has 116 valence electrons. The maximum Gasteiger partial charge on any atom is 0.273 e. The molecule has 1 aromatic carbocycles. The fourth-order valence-corrected chi connectivity index (χ4v) is 3.27. The molecule has 2 aromatic rings. The molecule has 1 fully saturated rings. The smallest absolute Gasteiger partial charge is 0.273 e. The van der Waals surface area contributed by atoms with Crippen molar-refractivity contribution in [1.29, 1.82) is 0 Å². The number of nitrogens with one attached hydrogen (secondary N) is 2. The molecule has 22 heavy (non-hydrogen) atoms. The van der Waals surface area contributed by atoms with Crippen LogP contribution in [0.1, 0.15) is 47.4 Å². The topological polar surface area (TPSA) is 70.7 Å². The largest absolute Gasteiger partial charge is 0.350 e. The van der Waals surface area contributed by atoms with E-state index < -0.39 is 0 Å². The average Bonchev–Trinajstić information content (AvgIpc) is 3.14. The second kappa shape index (κ2) is 5.87. The Morgan fingerprint density at radius 1 is 1.36 bits per heavy atom. The maximum absolute atomic E-state index is 13.6. The number of benzene rings is 1. The van der Waals surface area contributed by atoms with Gasteiger partial charge in [0.2, 0.25) is 0 Å². The first kappa shape index (κ1) is 14.7. The molecule has 1 aliphatic carbocycles. The third-order valence-electron chi connectivity index (χ3n) is 4.52. The number of hydrogen-bond donors (Lipinski definition) is 2. The zero-order valence-corrected chi connectivity index (χ0v) is 12.5. The van der Waals surface area contributed by atoms with E-state index in [4.69, 9.17) is 0 Å². The average molecular weight is 302 g/mol. The van der Waals surface area contributed by atoms with Crippen molar-refractivity contribution < 1.29 is 9.18 Å². The first-order valence-electron chi connectivity index (χ1n) is 7.52. The van der Waals surface area contributed by atoms with Crippen LogP contribution in [0.5, 0.6) is 0 Å². The molecule has 0 aliphatic heterocycles. The Kier molecular flexibility index (Phi) is 3.92. The fraction of sp³-hybridized carbons (Fsp3) is 0.438. The molecule has 0 atom stereocenters. The lowest BCUT2D eigenvalue weighted by Gasteiger charge is -2.30. The molecule has 1 aromatic heterocycles. The number of H-pyrrole nitrogens is 1. The molecule has 0 unspecified atom stereocenters. The maximum atomic E-state index is 13.6. The zero-order chi connectivity index (χ0) is 15.6. The van der Waals surface area contributed by atoms with Gasteiger partial charge < -0.3 is 5.32 Å². The predicted octanol–water partition coefficient (Wildman–Crippen LogP) is 2.49. The van der Waals surface area contributed by atoms with E-state index in [9.17, 15) is 9.18 Å². The summed E-state index contributed by atoms with van der Waals surface area (Å²) in [5.41, 5.74) is 1.66. The SMILES string of the molecule is Cc1n[nH]nc1C(=O)NCC1(c2cccc(F)c2)CCCC1. The molecule has 1 aliphatic rings. The summed E-state index contributed by atoms with van der Waals surface area (Å²) in [5, 5.41) is 13.1. The highest BCUT2D eigenvalue weighted by Gasteiger charge is 2.36. The minimum atomic E-state index is -0.242. The van der Waals surface area contributed by atoms with Crippen molar-refractivity contribution in [3.05, 3.63) is 47.0 Å². The van der Waals surface area contributed by atoms with Gasteiger partial charge in [0.1, 0.15) is 5.82 Å². The van der Waals surface area contributed by atoms with Crippen LogP contribution in [0.4, 0.5) is 4.39 Å². The van der Waals surface area contributed by atoms with Crippen molar-refractivity contribution in [3.8, 4) is 0 Å². The quantitative estimate of drug-likeness (QED) is 0.911. The van der Waals surface area contributed by atoms with Crippen LogP contribution in [0, 0.1) is 12.7 Å². The molecule has 3 rings (SSSR count). The normalized spacial score (nSPS) is 16.6. The van der Waals surface area contributed by atoms with E-state index in [0.29, 0.717) is 17.9 Å². The molecule has 5 nitrogen and oxygen atoms in total. The summed E-state index contributed by atoms with van der Waals surface area (Å²) in [7, 11) is 0. The number of hydrogen-bond acceptors (Lipinski definition) is 3. The molecular formula is C16H19FN4O. The molecule has 1 heterocycles.